The molecule has 0 spiro atoms. The van der Waals surface area contributed by atoms with Gasteiger partial charge in [0.1, 0.15) is 18.5 Å². The van der Waals surface area contributed by atoms with Crippen LogP contribution in [0.2, 0.25) is 10.0 Å². The molecule has 0 bridgehead atoms. The normalized spacial score (nSPS) is 16.9. The molecule has 0 N–H and O–H groups in total. The SMILES string of the molecule is COc1ccc(OCc2c(Cl)cncc2Cl)cc1OC1CCOC1. The highest BCUT2D eigenvalue weighted by atomic mass is 35.5. The molecule has 5 nitrogen and oxygen atoms in total. The van der Waals surface area contributed by atoms with E-state index in [1.165, 1.54) is 12.4 Å². The summed E-state index contributed by atoms with van der Waals surface area (Å²) in [6.45, 7) is 1.52. The first-order chi connectivity index (χ1) is 11.7. The van der Waals surface area contributed by atoms with Crippen molar-refractivity contribution in [1.29, 1.82) is 0 Å². The van der Waals surface area contributed by atoms with Crippen LogP contribution in [-0.2, 0) is 11.3 Å². The number of hydrogen-bond donors (Lipinski definition) is 0. The monoisotopic (exact) mass is 369 g/mol. The van der Waals surface area contributed by atoms with Crippen LogP contribution in [0.15, 0.2) is 30.6 Å². The zero-order valence-electron chi connectivity index (χ0n) is 13.1. The number of hydrogen-bond acceptors (Lipinski definition) is 5. The molecule has 1 saturated heterocycles. The standard InChI is InChI=1S/C17H17Cl2NO4/c1-21-16-3-2-11(6-17(16)24-12-4-5-22-9-12)23-10-13-14(18)7-20-8-15(13)19/h2-3,6-8,12H,4-5,9-10H2,1H3. The van der Waals surface area contributed by atoms with Crippen molar-refractivity contribution in [3.05, 3.63) is 46.2 Å². The third-order valence-corrected chi connectivity index (χ3v) is 4.30. The van der Waals surface area contributed by atoms with Gasteiger partial charge in [-0.3, -0.25) is 4.98 Å². The van der Waals surface area contributed by atoms with Gasteiger partial charge in [-0.1, -0.05) is 23.2 Å². The first-order valence-corrected chi connectivity index (χ1v) is 8.26. The molecular formula is C17H17Cl2NO4. The smallest absolute Gasteiger partial charge is 0.165 e. The molecule has 1 aliphatic heterocycles. The molecule has 0 amide bonds. The minimum atomic E-state index is 0.0261. The van der Waals surface area contributed by atoms with Crippen LogP contribution >= 0.6 is 23.2 Å². The average molecular weight is 370 g/mol. The zero-order valence-corrected chi connectivity index (χ0v) is 14.6. The minimum Gasteiger partial charge on any atom is -0.493 e. The fourth-order valence-electron chi connectivity index (χ4n) is 2.36. The molecule has 0 radical (unpaired) electrons. The molecule has 1 fully saturated rings. The predicted octanol–water partition coefficient (Wildman–Crippen LogP) is 4.14. The molecule has 128 valence electrons. The van der Waals surface area contributed by atoms with Crippen molar-refractivity contribution in [1.82, 2.24) is 4.98 Å². The van der Waals surface area contributed by atoms with Gasteiger partial charge in [-0.25, -0.2) is 0 Å². The van der Waals surface area contributed by atoms with Crippen molar-refractivity contribution in [2.24, 2.45) is 0 Å². The lowest BCUT2D eigenvalue weighted by Gasteiger charge is -2.16. The Balaban J connectivity index is 1.73. The number of benzene rings is 1. The summed E-state index contributed by atoms with van der Waals surface area (Å²) in [6, 6.07) is 5.40. The van der Waals surface area contributed by atoms with Crippen LogP contribution < -0.4 is 14.2 Å². The number of pyridine rings is 1. The van der Waals surface area contributed by atoms with Gasteiger partial charge in [-0.2, -0.15) is 0 Å². The highest BCUT2D eigenvalue weighted by Gasteiger charge is 2.19. The summed E-state index contributed by atoms with van der Waals surface area (Å²) >= 11 is 12.2. The summed E-state index contributed by atoms with van der Waals surface area (Å²) in [7, 11) is 1.60. The van der Waals surface area contributed by atoms with Crippen molar-refractivity contribution in [2.45, 2.75) is 19.1 Å². The van der Waals surface area contributed by atoms with Crippen LogP contribution in [0, 0.1) is 0 Å². The Morgan fingerprint density at radius 3 is 2.67 bits per heavy atom. The third kappa shape index (κ3) is 4.04. The summed E-state index contributed by atoms with van der Waals surface area (Å²) < 4.78 is 22.4. The fraction of sp³-hybridized carbons (Fsp3) is 0.353. The fourth-order valence-corrected chi connectivity index (χ4v) is 2.83. The molecule has 2 heterocycles. The molecule has 1 aromatic heterocycles. The Bertz CT molecular complexity index is 685. The lowest BCUT2D eigenvalue weighted by Crippen LogP contribution is -2.16. The molecule has 7 heteroatoms. The number of ether oxygens (including phenoxy) is 4. The molecule has 0 saturated carbocycles. The first-order valence-electron chi connectivity index (χ1n) is 7.50. The highest BCUT2D eigenvalue weighted by molar-refractivity contribution is 6.35. The van der Waals surface area contributed by atoms with Gasteiger partial charge in [0, 0.05) is 30.4 Å². The molecule has 1 aliphatic rings. The molecular weight excluding hydrogens is 353 g/mol. The maximum Gasteiger partial charge on any atom is 0.165 e. The van der Waals surface area contributed by atoms with Crippen LogP contribution in [0.1, 0.15) is 12.0 Å². The number of rotatable bonds is 6. The van der Waals surface area contributed by atoms with Gasteiger partial charge >= 0.3 is 0 Å². The summed E-state index contributed by atoms with van der Waals surface area (Å²) in [4.78, 5) is 3.93. The second-order valence-electron chi connectivity index (χ2n) is 5.29. The largest absolute Gasteiger partial charge is 0.493 e. The number of nitrogens with zero attached hydrogens (tertiary/aromatic N) is 1. The van der Waals surface area contributed by atoms with Gasteiger partial charge in [-0.15, -0.1) is 0 Å². The van der Waals surface area contributed by atoms with E-state index < -0.39 is 0 Å². The predicted molar refractivity (Wildman–Crippen MR) is 91.4 cm³/mol. The average Bonchev–Trinajstić information content (AvgIpc) is 3.08. The van der Waals surface area contributed by atoms with Gasteiger partial charge in [0.25, 0.3) is 0 Å². The Kier molecular flexibility index (Phi) is 5.66. The number of aromatic nitrogens is 1. The van der Waals surface area contributed by atoms with Crippen LogP contribution in [-0.4, -0.2) is 31.4 Å². The maximum absolute atomic E-state index is 6.10. The first kappa shape index (κ1) is 17.1. The Hall–Kier alpha value is -1.69. The number of methoxy groups -OCH3 is 1. The molecule has 3 rings (SSSR count). The summed E-state index contributed by atoms with van der Waals surface area (Å²) in [6.07, 6.45) is 3.96. The van der Waals surface area contributed by atoms with E-state index in [2.05, 4.69) is 4.98 Å². The van der Waals surface area contributed by atoms with E-state index in [0.29, 0.717) is 46.1 Å². The molecule has 0 aliphatic carbocycles. The Labute approximate surface area is 150 Å². The summed E-state index contributed by atoms with van der Waals surface area (Å²) in [5.41, 5.74) is 0.691. The van der Waals surface area contributed by atoms with Crippen molar-refractivity contribution < 1.29 is 18.9 Å². The van der Waals surface area contributed by atoms with E-state index in [1.807, 2.05) is 0 Å². The maximum atomic E-state index is 6.10. The van der Waals surface area contributed by atoms with E-state index in [4.69, 9.17) is 42.1 Å². The van der Waals surface area contributed by atoms with E-state index >= 15 is 0 Å². The molecule has 2 aromatic rings. The summed E-state index contributed by atoms with van der Waals surface area (Å²) in [5, 5.41) is 0.936. The Morgan fingerprint density at radius 1 is 1.21 bits per heavy atom. The second kappa shape index (κ2) is 7.92. The van der Waals surface area contributed by atoms with Gasteiger partial charge in [0.05, 0.1) is 30.4 Å². The van der Waals surface area contributed by atoms with Crippen LogP contribution in [0.5, 0.6) is 17.2 Å². The Morgan fingerprint density at radius 2 is 2.00 bits per heavy atom. The van der Waals surface area contributed by atoms with Crippen LogP contribution in [0.3, 0.4) is 0 Å². The summed E-state index contributed by atoms with van der Waals surface area (Å²) in [5.74, 6) is 1.90. The van der Waals surface area contributed by atoms with E-state index in [0.717, 1.165) is 6.42 Å². The lowest BCUT2D eigenvalue weighted by molar-refractivity contribution is 0.138. The van der Waals surface area contributed by atoms with Crippen molar-refractivity contribution in [2.75, 3.05) is 20.3 Å². The van der Waals surface area contributed by atoms with E-state index in [9.17, 15) is 0 Å². The van der Waals surface area contributed by atoms with Gasteiger partial charge < -0.3 is 18.9 Å². The third-order valence-electron chi connectivity index (χ3n) is 3.65. The topological polar surface area (TPSA) is 49.8 Å². The van der Waals surface area contributed by atoms with E-state index in [-0.39, 0.29) is 12.7 Å². The number of halogens is 2. The molecule has 1 aromatic carbocycles. The molecule has 1 atom stereocenters. The van der Waals surface area contributed by atoms with Gasteiger partial charge in [-0.05, 0) is 12.1 Å². The molecule has 24 heavy (non-hydrogen) atoms. The quantitative estimate of drug-likeness (QED) is 0.765. The van der Waals surface area contributed by atoms with Gasteiger partial charge in [0.2, 0.25) is 0 Å². The second-order valence-corrected chi connectivity index (χ2v) is 6.10. The van der Waals surface area contributed by atoms with Gasteiger partial charge in [0.15, 0.2) is 11.5 Å². The van der Waals surface area contributed by atoms with Crippen molar-refractivity contribution >= 4 is 23.2 Å². The van der Waals surface area contributed by atoms with Crippen LogP contribution in [0.4, 0.5) is 0 Å². The minimum absolute atomic E-state index is 0.0261. The van der Waals surface area contributed by atoms with Crippen LogP contribution in [0.25, 0.3) is 0 Å². The zero-order chi connectivity index (χ0) is 16.9. The lowest BCUT2D eigenvalue weighted by atomic mass is 10.2. The van der Waals surface area contributed by atoms with Crippen molar-refractivity contribution in [3.63, 3.8) is 0 Å². The highest BCUT2D eigenvalue weighted by Crippen LogP contribution is 2.34. The molecule has 1 unspecified atom stereocenters. The van der Waals surface area contributed by atoms with Crippen molar-refractivity contribution in [3.8, 4) is 17.2 Å². The van der Waals surface area contributed by atoms with E-state index in [1.54, 1.807) is 25.3 Å².